The Bertz CT molecular complexity index is 566. The molecule has 1 saturated carbocycles. The average Bonchev–Trinajstić information content (AvgIpc) is 3.15. The quantitative estimate of drug-likeness (QED) is 0.862. The lowest BCUT2D eigenvalue weighted by atomic mass is 9.88. The van der Waals surface area contributed by atoms with E-state index in [1.165, 1.54) is 29.7 Å². The van der Waals surface area contributed by atoms with Crippen molar-refractivity contribution in [2.75, 3.05) is 13.6 Å². The Balaban J connectivity index is 1.94. The Hall–Kier alpha value is -1.35. The summed E-state index contributed by atoms with van der Waals surface area (Å²) >= 11 is 0. The standard InChI is InChI=1S/C16H23N3/c1-10(2)13(9-17-3)12-6-7-14-15(8-12)19-16(18-14)11-4-5-11/h6-8,10-11,13,17H,4-5,9H2,1-3H3,(H,18,19). The van der Waals surface area contributed by atoms with Gasteiger partial charge in [-0.15, -0.1) is 0 Å². The van der Waals surface area contributed by atoms with Gasteiger partial charge in [-0.1, -0.05) is 19.9 Å². The lowest BCUT2D eigenvalue weighted by Crippen LogP contribution is -2.21. The fourth-order valence-electron chi connectivity index (χ4n) is 2.79. The van der Waals surface area contributed by atoms with Gasteiger partial charge in [0.25, 0.3) is 0 Å². The fourth-order valence-corrected chi connectivity index (χ4v) is 2.79. The highest BCUT2D eigenvalue weighted by molar-refractivity contribution is 5.76. The Morgan fingerprint density at radius 2 is 2.16 bits per heavy atom. The smallest absolute Gasteiger partial charge is 0.110 e. The molecule has 1 atom stereocenters. The van der Waals surface area contributed by atoms with Gasteiger partial charge in [-0.2, -0.15) is 0 Å². The van der Waals surface area contributed by atoms with Crippen molar-refractivity contribution in [2.45, 2.75) is 38.5 Å². The summed E-state index contributed by atoms with van der Waals surface area (Å²) in [5, 5.41) is 3.30. The lowest BCUT2D eigenvalue weighted by Gasteiger charge is -2.21. The zero-order chi connectivity index (χ0) is 13.4. The van der Waals surface area contributed by atoms with Gasteiger partial charge >= 0.3 is 0 Å². The molecule has 2 aromatic rings. The van der Waals surface area contributed by atoms with Crippen molar-refractivity contribution in [2.24, 2.45) is 5.92 Å². The van der Waals surface area contributed by atoms with Crippen LogP contribution in [0.5, 0.6) is 0 Å². The second-order valence-electron chi connectivity index (χ2n) is 6.08. The average molecular weight is 257 g/mol. The van der Waals surface area contributed by atoms with Gasteiger partial charge in [-0.05, 0) is 49.4 Å². The van der Waals surface area contributed by atoms with Crippen LogP contribution in [0, 0.1) is 5.92 Å². The maximum atomic E-state index is 4.69. The number of hydrogen-bond acceptors (Lipinski definition) is 2. The van der Waals surface area contributed by atoms with Gasteiger partial charge in [0.1, 0.15) is 5.82 Å². The second-order valence-corrected chi connectivity index (χ2v) is 6.08. The third-order valence-electron chi connectivity index (χ3n) is 4.15. The van der Waals surface area contributed by atoms with E-state index < -0.39 is 0 Å². The summed E-state index contributed by atoms with van der Waals surface area (Å²) in [6.45, 7) is 5.59. The molecule has 1 unspecified atom stereocenters. The third-order valence-corrected chi connectivity index (χ3v) is 4.15. The first-order valence-corrected chi connectivity index (χ1v) is 7.33. The Labute approximate surface area is 114 Å². The van der Waals surface area contributed by atoms with Crippen LogP contribution in [-0.4, -0.2) is 23.6 Å². The molecule has 3 heteroatoms. The molecule has 3 nitrogen and oxygen atoms in total. The summed E-state index contributed by atoms with van der Waals surface area (Å²) in [5.74, 6) is 3.06. The van der Waals surface area contributed by atoms with E-state index >= 15 is 0 Å². The summed E-state index contributed by atoms with van der Waals surface area (Å²) < 4.78 is 0. The molecule has 0 saturated heterocycles. The van der Waals surface area contributed by atoms with E-state index in [1.807, 2.05) is 7.05 Å². The summed E-state index contributed by atoms with van der Waals surface area (Å²) in [4.78, 5) is 8.20. The zero-order valence-electron chi connectivity index (χ0n) is 12.0. The maximum absolute atomic E-state index is 4.69. The largest absolute Gasteiger partial charge is 0.342 e. The molecule has 1 aliphatic carbocycles. The first kappa shape index (κ1) is 12.7. The molecular weight excluding hydrogens is 234 g/mol. The van der Waals surface area contributed by atoms with Crippen LogP contribution in [0.15, 0.2) is 18.2 Å². The van der Waals surface area contributed by atoms with Gasteiger partial charge in [0, 0.05) is 12.5 Å². The van der Waals surface area contributed by atoms with E-state index in [9.17, 15) is 0 Å². The summed E-state index contributed by atoms with van der Waals surface area (Å²) in [7, 11) is 2.02. The van der Waals surface area contributed by atoms with E-state index in [2.05, 4.69) is 42.3 Å². The first-order chi connectivity index (χ1) is 9.19. The molecule has 1 aliphatic rings. The maximum Gasteiger partial charge on any atom is 0.110 e. The van der Waals surface area contributed by atoms with Gasteiger partial charge in [-0.3, -0.25) is 0 Å². The SMILES string of the molecule is CNCC(c1ccc2nc(C3CC3)[nH]c2c1)C(C)C. The van der Waals surface area contributed by atoms with E-state index in [0.29, 0.717) is 17.8 Å². The summed E-state index contributed by atoms with van der Waals surface area (Å²) in [6, 6.07) is 6.69. The minimum atomic E-state index is 0.557. The van der Waals surface area contributed by atoms with Gasteiger partial charge in [0.2, 0.25) is 0 Å². The van der Waals surface area contributed by atoms with Gasteiger partial charge in [0.05, 0.1) is 11.0 Å². The number of benzene rings is 1. The number of H-pyrrole nitrogens is 1. The number of imidazole rings is 1. The summed E-state index contributed by atoms with van der Waals surface area (Å²) in [6.07, 6.45) is 2.59. The second kappa shape index (κ2) is 4.97. The van der Waals surface area contributed by atoms with Crippen LogP contribution < -0.4 is 5.32 Å². The number of hydrogen-bond donors (Lipinski definition) is 2. The normalized spacial score (nSPS) is 17.3. The van der Waals surface area contributed by atoms with E-state index in [0.717, 1.165) is 12.1 Å². The molecule has 1 aromatic carbocycles. The predicted octanol–water partition coefficient (Wildman–Crippen LogP) is 3.40. The monoisotopic (exact) mass is 257 g/mol. The van der Waals surface area contributed by atoms with Crippen molar-refractivity contribution >= 4 is 11.0 Å². The van der Waals surface area contributed by atoms with Crippen LogP contribution >= 0.6 is 0 Å². The highest BCUT2D eigenvalue weighted by atomic mass is 14.9. The van der Waals surface area contributed by atoms with Crippen LogP contribution in [0.2, 0.25) is 0 Å². The van der Waals surface area contributed by atoms with Crippen LogP contribution in [0.25, 0.3) is 11.0 Å². The topological polar surface area (TPSA) is 40.7 Å². The number of rotatable bonds is 5. The molecule has 1 fully saturated rings. The van der Waals surface area contributed by atoms with Crippen LogP contribution in [-0.2, 0) is 0 Å². The minimum Gasteiger partial charge on any atom is -0.342 e. The molecule has 0 amide bonds. The molecule has 0 radical (unpaired) electrons. The number of nitrogens with one attached hydrogen (secondary N) is 2. The van der Waals surface area contributed by atoms with Crippen molar-refractivity contribution < 1.29 is 0 Å². The molecule has 1 heterocycles. The molecule has 19 heavy (non-hydrogen) atoms. The number of fused-ring (bicyclic) bond motifs is 1. The van der Waals surface area contributed by atoms with Crippen molar-refractivity contribution in [3.63, 3.8) is 0 Å². The number of aromatic nitrogens is 2. The van der Waals surface area contributed by atoms with Crippen molar-refractivity contribution in [3.05, 3.63) is 29.6 Å². The fraction of sp³-hybridized carbons (Fsp3) is 0.562. The van der Waals surface area contributed by atoms with E-state index in [4.69, 9.17) is 4.98 Å². The molecule has 0 aliphatic heterocycles. The number of nitrogens with zero attached hydrogens (tertiary/aromatic N) is 1. The predicted molar refractivity (Wildman–Crippen MR) is 79.6 cm³/mol. The van der Waals surface area contributed by atoms with Gasteiger partial charge < -0.3 is 10.3 Å². The minimum absolute atomic E-state index is 0.557. The zero-order valence-corrected chi connectivity index (χ0v) is 12.0. The van der Waals surface area contributed by atoms with E-state index in [-0.39, 0.29) is 0 Å². The Kier molecular flexibility index (Phi) is 3.31. The van der Waals surface area contributed by atoms with Crippen molar-refractivity contribution in [1.29, 1.82) is 0 Å². The van der Waals surface area contributed by atoms with Crippen molar-refractivity contribution in [3.8, 4) is 0 Å². The molecule has 1 aromatic heterocycles. The molecule has 2 N–H and O–H groups in total. The lowest BCUT2D eigenvalue weighted by molar-refractivity contribution is 0.478. The van der Waals surface area contributed by atoms with Crippen LogP contribution in [0.1, 0.15) is 49.9 Å². The summed E-state index contributed by atoms with van der Waals surface area (Å²) in [5.41, 5.74) is 3.71. The van der Waals surface area contributed by atoms with Gasteiger partial charge in [-0.25, -0.2) is 4.98 Å². The number of aromatic amines is 1. The molecule has 102 valence electrons. The van der Waals surface area contributed by atoms with Crippen LogP contribution in [0.3, 0.4) is 0 Å². The van der Waals surface area contributed by atoms with Crippen LogP contribution in [0.4, 0.5) is 0 Å². The molecule has 0 bridgehead atoms. The molecule has 0 spiro atoms. The van der Waals surface area contributed by atoms with E-state index in [1.54, 1.807) is 0 Å². The molecule has 3 rings (SSSR count). The van der Waals surface area contributed by atoms with Gasteiger partial charge in [0.15, 0.2) is 0 Å². The third kappa shape index (κ3) is 2.52. The molecular formula is C16H23N3. The Morgan fingerprint density at radius 3 is 2.79 bits per heavy atom. The highest BCUT2D eigenvalue weighted by Crippen LogP contribution is 2.39. The van der Waals surface area contributed by atoms with Crippen molar-refractivity contribution in [1.82, 2.24) is 15.3 Å². The highest BCUT2D eigenvalue weighted by Gasteiger charge is 2.27. The Morgan fingerprint density at radius 1 is 1.37 bits per heavy atom. The number of likely N-dealkylation sites (N-methyl/N-ethyl adjacent to an activating group) is 1. The first-order valence-electron chi connectivity index (χ1n) is 7.33.